The normalized spacial score (nSPS) is 16.0. The van der Waals surface area contributed by atoms with Crippen LogP contribution in [0.2, 0.25) is 0 Å². The molecule has 0 saturated carbocycles. The molecule has 0 radical (unpaired) electrons. The lowest BCUT2D eigenvalue weighted by molar-refractivity contribution is -0.120. The fourth-order valence-corrected chi connectivity index (χ4v) is 4.02. The van der Waals surface area contributed by atoms with Crippen LogP contribution in [0.4, 0.5) is 0 Å². The van der Waals surface area contributed by atoms with Crippen molar-refractivity contribution in [1.29, 1.82) is 0 Å². The third kappa shape index (κ3) is 3.55. The number of nitrogens with zero attached hydrogens (tertiary/aromatic N) is 3. The number of aromatic nitrogens is 2. The van der Waals surface area contributed by atoms with E-state index in [4.69, 9.17) is 0 Å². The Morgan fingerprint density at radius 3 is 2.84 bits per heavy atom. The summed E-state index contributed by atoms with van der Waals surface area (Å²) in [4.78, 5) is 22.9. The maximum absolute atomic E-state index is 11.4. The molecule has 0 atom stereocenters. The van der Waals surface area contributed by atoms with Gasteiger partial charge >= 0.3 is 0 Å². The highest BCUT2D eigenvalue weighted by atomic mass is 32.1. The highest BCUT2D eigenvalue weighted by molar-refractivity contribution is 7.17. The molecular weight excluding hydrogens is 332 g/mol. The van der Waals surface area contributed by atoms with Crippen LogP contribution < -0.4 is 5.32 Å². The standard InChI is InChI=1S/C19H20N4OS/c1-13-21-16-7-11-25-19(16)18(22-13)15-4-2-14(3-5-15)12-23-9-6-17(24)20-8-10-23/h2-5,7,11H,6,8-10,12H2,1H3,(H,20,24). The molecule has 3 heterocycles. The van der Waals surface area contributed by atoms with E-state index in [0.29, 0.717) is 6.42 Å². The Kier molecular flexibility index (Phi) is 4.46. The molecule has 0 unspecified atom stereocenters. The first kappa shape index (κ1) is 16.2. The fraction of sp³-hybridized carbons (Fsp3) is 0.316. The zero-order valence-electron chi connectivity index (χ0n) is 14.2. The lowest BCUT2D eigenvalue weighted by atomic mass is 10.1. The van der Waals surface area contributed by atoms with Crippen LogP contribution in [0.1, 0.15) is 17.8 Å². The van der Waals surface area contributed by atoms with Crippen molar-refractivity contribution >= 4 is 27.5 Å². The molecule has 0 bridgehead atoms. The van der Waals surface area contributed by atoms with Gasteiger partial charge in [0.15, 0.2) is 0 Å². The number of carbonyl (C=O) groups is 1. The molecule has 1 aromatic carbocycles. The van der Waals surface area contributed by atoms with Crippen LogP contribution in [-0.4, -0.2) is 40.4 Å². The maximum atomic E-state index is 11.4. The van der Waals surface area contributed by atoms with Gasteiger partial charge in [-0.25, -0.2) is 9.97 Å². The van der Waals surface area contributed by atoms with Crippen LogP contribution in [0.3, 0.4) is 0 Å². The van der Waals surface area contributed by atoms with Crippen molar-refractivity contribution < 1.29 is 4.79 Å². The Balaban J connectivity index is 1.55. The van der Waals surface area contributed by atoms with Gasteiger partial charge in [-0.1, -0.05) is 24.3 Å². The van der Waals surface area contributed by atoms with Crippen LogP contribution in [0.25, 0.3) is 21.5 Å². The molecule has 5 nitrogen and oxygen atoms in total. The molecule has 25 heavy (non-hydrogen) atoms. The van der Waals surface area contributed by atoms with E-state index in [1.165, 1.54) is 5.56 Å². The number of hydrogen-bond donors (Lipinski definition) is 1. The van der Waals surface area contributed by atoms with E-state index in [9.17, 15) is 4.79 Å². The summed E-state index contributed by atoms with van der Waals surface area (Å²) in [5, 5.41) is 4.98. The van der Waals surface area contributed by atoms with E-state index in [1.54, 1.807) is 11.3 Å². The lowest BCUT2D eigenvalue weighted by Gasteiger charge is -2.19. The first-order chi connectivity index (χ1) is 12.2. The predicted octanol–water partition coefficient (Wildman–Crippen LogP) is 2.99. The van der Waals surface area contributed by atoms with E-state index in [0.717, 1.165) is 53.5 Å². The van der Waals surface area contributed by atoms with Crippen molar-refractivity contribution in [3.8, 4) is 11.3 Å². The summed E-state index contributed by atoms with van der Waals surface area (Å²) in [5.74, 6) is 0.948. The third-order valence-electron chi connectivity index (χ3n) is 4.45. The SMILES string of the molecule is Cc1nc(-c2ccc(CN3CCNC(=O)CC3)cc2)c2sccc2n1. The van der Waals surface area contributed by atoms with Gasteiger partial charge in [0.25, 0.3) is 0 Å². The second kappa shape index (κ2) is 6.90. The van der Waals surface area contributed by atoms with E-state index < -0.39 is 0 Å². The summed E-state index contributed by atoms with van der Waals surface area (Å²) >= 11 is 1.68. The van der Waals surface area contributed by atoms with Crippen molar-refractivity contribution in [2.45, 2.75) is 19.9 Å². The van der Waals surface area contributed by atoms with Crippen molar-refractivity contribution in [2.24, 2.45) is 0 Å². The average molecular weight is 352 g/mol. The van der Waals surface area contributed by atoms with Crippen LogP contribution in [0.5, 0.6) is 0 Å². The fourth-order valence-electron chi connectivity index (χ4n) is 3.17. The van der Waals surface area contributed by atoms with Crippen LogP contribution in [-0.2, 0) is 11.3 Å². The Morgan fingerprint density at radius 2 is 2.00 bits per heavy atom. The lowest BCUT2D eigenvalue weighted by Crippen LogP contribution is -2.28. The highest BCUT2D eigenvalue weighted by Crippen LogP contribution is 2.30. The van der Waals surface area contributed by atoms with Gasteiger partial charge in [0.2, 0.25) is 5.91 Å². The number of nitrogens with one attached hydrogen (secondary N) is 1. The molecular formula is C19H20N4OS. The van der Waals surface area contributed by atoms with E-state index in [2.05, 4.69) is 49.8 Å². The summed E-state index contributed by atoms with van der Waals surface area (Å²) in [5.41, 5.74) is 4.40. The van der Waals surface area contributed by atoms with Crippen LogP contribution in [0, 0.1) is 6.92 Å². The quantitative estimate of drug-likeness (QED) is 0.787. The predicted molar refractivity (Wildman–Crippen MR) is 100 cm³/mol. The first-order valence-corrected chi connectivity index (χ1v) is 9.37. The van der Waals surface area contributed by atoms with Gasteiger partial charge < -0.3 is 5.32 Å². The van der Waals surface area contributed by atoms with Gasteiger partial charge in [-0.3, -0.25) is 9.69 Å². The molecule has 6 heteroatoms. The van der Waals surface area contributed by atoms with Gasteiger partial charge in [-0.2, -0.15) is 0 Å². The Bertz CT molecular complexity index is 903. The molecule has 1 amide bonds. The number of fused-ring (bicyclic) bond motifs is 1. The molecule has 1 N–H and O–H groups in total. The van der Waals surface area contributed by atoms with E-state index in [-0.39, 0.29) is 5.91 Å². The number of hydrogen-bond acceptors (Lipinski definition) is 5. The van der Waals surface area contributed by atoms with Gasteiger partial charge in [-0.05, 0) is 23.9 Å². The zero-order valence-corrected chi connectivity index (χ0v) is 15.0. The Labute approximate surface area is 150 Å². The number of carbonyl (C=O) groups excluding carboxylic acids is 1. The van der Waals surface area contributed by atoms with Gasteiger partial charge in [-0.15, -0.1) is 11.3 Å². The van der Waals surface area contributed by atoms with Crippen molar-refractivity contribution in [1.82, 2.24) is 20.2 Å². The summed E-state index contributed by atoms with van der Waals surface area (Å²) in [7, 11) is 0. The van der Waals surface area contributed by atoms with Crippen molar-refractivity contribution in [3.05, 3.63) is 47.1 Å². The van der Waals surface area contributed by atoms with Gasteiger partial charge in [0.05, 0.1) is 15.9 Å². The molecule has 4 rings (SSSR count). The number of amides is 1. The minimum absolute atomic E-state index is 0.150. The molecule has 0 spiro atoms. The number of benzene rings is 1. The minimum atomic E-state index is 0.150. The molecule has 0 aliphatic carbocycles. The molecule has 1 aliphatic heterocycles. The smallest absolute Gasteiger partial charge is 0.221 e. The van der Waals surface area contributed by atoms with E-state index in [1.807, 2.05) is 13.0 Å². The molecule has 1 aliphatic rings. The Morgan fingerprint density at radius 1 is 1.16 bits per heavy atom. The topological polar surface area (TPSA) is 58.1 Å². The molecule has 3 aromatic rings. The number of thiophene rings is 1. The number of rotatable bonds is 3. The monoisotopic (exact) mass is 352 g/mol. The summed E-state index contributed by atoms with van der Waals surface area (Å²) in [6.45, 7) is 5.24. The van der Waals surface area contributed by atoms with Gasteiger partial charge in [0, 0.05) is 38.2 Å². The van der Waals surface area contributed by atoms with Crippen LogP contribution in [0.15, 0.2) is 35.7 Å². The Hall–Kier alpha value is -2.31. The van der Waals surface area contributed by atoms with Crippen molar-refractivity contribution in [2.75, 3.05) is 19.6 Å². The second-order valence-electron chi connectivity index (χ2n) is 6.33. The summed E-state index contributed by atoms with van der Waals surface area (Å²) in [6.07, 6.45) is 0.578. The summed E-state index contributed by atoms with van der Waals surface area (Å²) < 4.78 is 1.13. The molecule has 1 saturated heterocycles. The first-order valence-electron chi connectivity index (χ1n) is 8.49. The van der Waals surface area contributed by atoms with Gasteiger partial charge in [0.1, 0.15) is 5.82 Å². The zero-order chi connectivity index (χ0) is 17.2. The average Bonchev–Trinajstić information content (AvgIpc) is 2.98. The third-order valence-corrected chi connectivity index (χ3v) is 5.36. The highest BCUT2D eigenvalue weighted by Gasteiger charge is 2.14. The minimum Gasteiger partial charge on any atom is -0.355 e. The summed E-state index contributed by atoms with van der Waals surface area (Å²) in [6, 6.07) is 10.6. The molecule has 128 valence electrons. The maximum Gasteiger partial charge on any atom is 0.221 e. The molecule has 2 aromatic heterocycles. The number of aryl methyl sites for hydroxylation is 1. The van der Waals surface area contributed by atoms with E-state index >= 15 is 0 Å². The van der Waals surface area contributed by atoms with Crippen LogP contribution >= 0.6 is 11.3 Å². The largest absolute Gasteiger partial charge is 0.355 e. The van der Waals surface area contributed by atoms with Crippen molar-refractivity contribution in [3.63, 3.8) is 0 Å². The molecule has 1 fully saturated rings. The second-order valence-corrected chi connectivity index (χ2v) is 7.24.